The maximum absolute atomic E-state index is 12.5. The lowest BCUT2D eigenvalue weighted by molar-refractivity contribution is -0.130. The molecule has 2 amide bonds. The van der Waals surface area contributed by atoms with E-state index in [0.717, 1.165) is 10.6 Å². The first-order valence-electron chi connectivity index (χ1n) is 5.86. The van der Waals surface area contributed by atoms with E-state index in [0.29, 0.717) is 6.54 Å². The zero-order valence-electron chi connectivity index (χ0n) is 10.7. The second-order valence-corrected chi connectivity index (χ2v) is 5.69. The van der Waals surface area contributed by atoms with Gasteiger partial charge in [0, 0.05) is 18.5 Å². The van der Waals surface area contributed by atoms with Gasteiger partial charge in [0.05, 0.1) is 5.69 Å². The van der Waals surface area contributed by atoms with Crippen LogP contribution >= 0.6 is 11.8 Å². The maximum atomic E-state index is 12.5. The third kappa shape index (κ3) is 1.79. The van der Waals surface area contributed by atoms with Crippen LogP contribution in [0.2, 0.25) is 0 Å². The monoisotopic (exact) mass is 264 g/mol. The summed E-state index contributed by atoms with van der Waals surface area (Å²) in [5.41, 5.74) is 0.886. The molecule has 0 aromatic heterocycles. The minimum absolute atomic E-state index is 0.159. The van der Waals surface area contributed by atoms with Crippen molar-refractivity contribution < 1.29 is 9.59 Å². The van der Waals surface area contributed by atoms with Crippen molar-refractivity contribution in [1.29, 1.82) is 0 Å². The molecule has 1 heterocycles. The number of hydrogen-bond donors (Lipinski definition) is 1. The first-order valence-corrected chi connectivity index (χ1v) is 6.68. The van der Waals surface area contributed by atoms with E-state index in [1.165, 1.54) is 11.8 Å². The summed E-state index contributed by atoms with van der Waals surface area (Å²) >= 11 is 1.32. The number of carbonyl (C=O) groups excluding carboxylic acids is 2. The number of rotatable bonds is 2. The molecular weight excluding hydrogens is 248 g/mol. The fraction of sp³-hybridized carbons (Fsp3) is 0.385. The fourth-order valence-corrected chi connectivity index (χ4v) is 3.35. The third-order valence-electron chi connectivity index (χ3n) is 3.10. The second-order valence-electron chi connectivity index (χ2n) is 4.23. The normalized spacial score (nSPS) is 22.6. The fourth-order valence-electron chi connectivity index (χ4n) is 2.09. The van der Waals surface area contributed by atoms with Crippen molar-refractivity contribution in [3.63, 3.8) is 0 Å². The van der Waals surface area contributed by atoms with Crippen molar-refractivity contribution in [3.05, 3.63) is 24.3 Å². The molecule has 96 valence electrons. The summed E-state index contributed by atoms with van der Waals surface area (Å²) in [5.74, 6) is -0.418. The van der Waals surface area contributed by atoms with E-state index in [1.54, 1.807) is 18.9 Å². The molecule has 0 radical (unpaired) electrons. The standard InChI is InChI=1S/C13H16N2O2S/c1-4-15-9-7-5-6-8-10(9)18-13(2,12(15)17)11(16)14-3/h5-8H,4H2,1-3H3,(H,14,16). The summed E-state index contributed by atoms with van der Waals surface area (Å²) in [6, 6.07) is 7.67. The van der Waals surface area contributed by atoms with E-state index in [1.807, 2.05) is 31.2 Å². The molecule has 1 atom stereocenters. The van der Waals surface area contributed by atoms with Crippen molar-refractivity contribution in [2.75, 3.05) is 18.5 Å². The number of fused-ring (bicyclic) bond motifs is 1. The van der Waals surface area contributed by atoms with Gasteiger partial charge in [0.2, 0.25) is 5.91 Å². The predicted molar refractivity (Wildman–Crippen MR) is 72.8 cm³/mol. The highest BCUT2D eigenvalue weighted by Gasteiger charge is 2.48. The van der Waals surface area contributed by atoms with Gasteiger partial charge < -0.3 is 10.2 Å². The molecule has 0 spiro atoms. The Labute approximate surface area is 111 Å². The van der Waals surface area contributed by atoms with Gasteiger partial charge in [0.1, 0.15) is 0 Å². The SMILES string of the molecule is CCN1C(=O)C(C)(C(=O)NC)Sc2ccccc21. The summed E-state index contributed by atoms with van der Waals surface area (Å²) in [5, 5.41) is 2.57. The summed E-state index contributed by atoms with van der Waals surface area (Å²) in [6.45, 7) is 4.15. The number of nitrogens with one attached hydrogen (secondary N) is 1. The molecule has 1 aliphatic heterocycles. The molecule has 0 aliphatic carbocycles. The molecule has 1 N–H and O–H groups in total. The molecule has 5 heteroatoms. The van der Waals surface area contributed by atoms with Crippen molar-refractivity contribution in [2.24, 2.45) is 0 Å². The van der Waals surface area contributed by atoms with E-state index in [9.17, 15) is 9.59 Å². The molecular formula is C13H16N2O2S. The Morgan fingerprint density at radius 3 is 2.72 bits per heavy atom. The Kier molecular flexibility index (Phi) is 3.34. The summed E-state index contributed by atoms with van der Waals surface area (Å²) in [6.07, 6.45) is 0. The van der Waals surface area contributed by atoms with Crippen LogP contribution in [0.5, 0.6) is 0 Å². The number of anilines is 1. The molecule has 1 aromatic carbocycles. The Hall–Kier alpha value is -1.49. The average Bonchev–Trinajstić information content (AvgIpc) is 2.39. The zero-order chi connectivity index (χ0) is 13.3. The van der Waals surface area contributed by atoms with Crippen LogP contribution in [0.1, 0.15) is 13.8 Å². The molecule has 0 fully saturated rings. The Morgan fingerprint density at radius 1 is 1.44 bits per heavy atom. The topological polar surface area (TPSA) is 49.4 Å². The number of nitrogens with zero attached hydrogens (tertiary/aromatic N) is 1. The third-order valence-corrected chi connectivity index (χ3v) is 4.43. The number of hydrogen-bond acceptors (Lipinski definition) is 3. The molecule has 1 unspecified atom stereocenters. The van der Waals surface area contributed by atoms with Crippen LogP contribution in [0.15, 0.2) is 29.2 Å². The van der Waals surface area contributed by atoms with Crippen molar-refractivity contribution in [3.8, 4) is 0 Å². The smallest absolute Gasteiger partial charge is 0.252 e. The zero-order valence-corrected chi connectivity index (χ0v) is 11.5. The number of amides is 2. The minimum atomic E-state index is -1.08. The predicted octanol–water partition coefficient (Wildman–Crippen LogP) is 1.65. The minimum Gasteiger partial charge on any atom is -0.358 e. The average molecular weight is 264 g/mol. The van der Waals surface area contributed by atoms with Gasteiger partial charge in [0.15, 0.2) is 4.75 Å². The Bertz CT molecular complexity index is 504. The Balaban J connectivity index is 2.53. The second kappa shape index (κ2) is 4.65. The van der Waals surface area contributed by atoms with Gasteiger partial charge in [-0.15, -0.1) is 0 Å². The van der Waals surface area contributed by atoms with Crippen LogP contribution in [0.3, 0.4) is 0 Å². The summed E-state index contributed by atoms with van der Waals surface area (Å²) in [7, 11) is 1.55. The molecule has 2 rings (SSSR count). The van der Waals surface area contributed by atoms with Crippen molar-refractivity contribution >= 4 is 29.3 Å². The lowest BCUT2D eigenvalue weighted by Gasteiger charge is -2.38. The molecule has 0 saturated heterocycles. The number of benzene rings is 1. The van der Waals surface area contributed by atoms with Crippen LogP contribution in [0.25, 0.3) is 0 Å². The lowest BCUT2D eigenvalue weighted by Crippen LogP contribution is -2.55. The quantitative estimate of drug-likeness (QED) is 0.826. The van der Waals surface area contributed by atoms with Crippen molar-refractivity contribution in [2.45, 2.75) is 23.5 Å². The van der Waals surface area contributed by atoms with E-state index in [2.05, 4.69) is 5.32 Å². The van der Waals surface area contributed by atoms with E-state index < -0.39 is 4.75 Å². The Morgan fingerprint density at radius 2 is 2.11 bits per heavy atom. The lowest BCUT2D eigenvalue weighted by atomic mass is 10.1. The molecule has 0 saturated carbocycles. The van der Waals surface area contributed by atoms with Crippen LogP contribution in [0, 0.1) is 0 Å². The van der Waals surface area contributed by atoms with Gasteiger partial charge in [-0.1, -0.05) is 23.9 Å². The maximum Gasteiger partial charge on any atom is 0.252 e. The van der Waals surface area contributed by atoms with Crippen molar-refractivity contribution in [1.82, 2.24) is 5.32 Å². The number of thioether (sulfide) groups is 1. The summed E-state index contributed by atoms with van der Waals surface area (Å²) in [4.78, 5) is 27.1. The van der Waals surface area contributed by atoms with E-state index in [-0.39, 0.29) is 11.8 Å². The van der Waals surface area contributed by atoms with Gasteiger partial charge in [-0.2, -0.15) is 0 Å². The molecule has 0 bridgehead atoms. The highest BCUT2D eigenvalue weighted by atomic mass is 32.2. The number of para-hydroxylation sites is 1. The van der Waals surface area contributed by atoms with Gasteiger partial charge in [-0.25, -0.2) is 0 Å². The molecule has 1 aromatic rings. The highest BCUT2D eigenvalue weighted by Crippen LogP contribution is 2.45. The molecule has 4 nitrogen and oxygen atoms in total. The molecule has 1 aliphatic rings. The highest BCUT2D eigenvalue weighted by molar-refractivity contribution is 8.02. The van der Waals surface area contributed by atoms with Crippen LogP contribution in [-0.4, -0.2) is 30.2 Å². The van der Waals surface area contributed by atoms with Gasteiger partial charge in [0.25, 0.3) is 5.91 Å². The van der Waals surface area contributed by atoms with Crippen LogP contribution in [0.4, 0.5) is 5.69 Å². The van der Waals surface area contributed by atoms with E-state index in [4.69, 9.17) is 0 Å². The van der Waals surface area contributed by atoms with E-state index >= 15 is 0 Å². The van der Waals surface area contributed by atoms with Crippen LogP contribution < -0.4 is 10.2 Å². The largest absolute Gasteiger partial charge is 0.358 e. The van der Waals surface area contributed by atoms with Gasteiger partial charge in [-0.05, 0) is 26.0 Å². The first-order chi connectivity index (χ1) is 8.54. The molecule has 18 heavy (non-hydrogen) atoms. The number of carbonyl (C=O) groups is 2. The van der Waals surface area contributed by atoms with Crippen LogP contribution in [-0.2, 0) is 9.59 Å². The van der Waals surface area contributed by atoms with Gasteiger partial charge in [-0.3, -0.25) is 9.59 Å². The van der Waals surface area contributed by atoms with Gasteiger partial charge >= 0.3 is 0 Å². The first kappa shape index (κ1) is 13.0. The summed E-state index contributed by atoms with van der Waals surface area (Å²) < 4.78 is -1.08.